The number of hydrogen-bond acceptors (Lipinski definition) is 2. The van der Waals surface area contributed by atoms with Crippen LogP contribution >= 0.6 is 27.3 Å². The SMILES string of the molecule is CCc1ccc(Cn2cc(Br)cc(C)c2=O)s1. The number of nitrogens with zero attached hydrogens (tertiary/aromatic N) is 1. The largest absolute Gasteiger partial charge is 0.309 e. The van der Waals surface area contributed by atoms with E-state index in [1.54, 1.807) is 15.9 Å². The highest BCUT2D eigenvalue weighted by Crippen LogP contribution is 2.18. The van der Waals surface area contributed by atoms with Gasteiger partial charge in [0.1, 0.15) is 0 Å². The molecule has 2 heterocycles. The normalized spacial score (nSPS) is 10.8. The fraction of sp³-hybridized carbons (Fsp3) is 0.308. The first-order chi connectivity index (χ1) is 8.10. The molecule has 0 saturated heterocycles. The summed E-state index contributed by atoms with van der Waals surface area (Å²) in [6.07, 6.45) is 2.90. The van der Waals surface area contributed by atoms with Crippen molar-refractivity contribution in [2.75, 3.05) is 0 Å². The second-order valence-corrected chi connectivity index (χ2v) is 6.16. The summed E-state index contributed by atoms with van der Waals surface area (Å²) in [5.41, 5.74) is 0.853. The number of hydrogen-bond donors (Lipinski definition) is 0. The van der Waals surface area contributed by atoms with Gasteiger partial charge in [-0.2, -0.15) is 0 Å². The van der Waals surface area contributed by atoms with Gasteiger partial charge >= 0.3 is 0 Å². The van der Waals surface area contributed by atoms with Crippen molar-refractivity contribution in [3.8, 4) is 0 Å². The van der Waals surface area contributed by atoms with Crippen molar-refractivity contribution in [2.24, 2.45) is 0 Å². The molecule has 2 nitrogen and oxygen atoms in total. The topological polar surface area (TPSA) is 22.0 Å². The van der Waals surface area contributed by atoms with Gasteiger partial charge < -0.3 is 4.57 Å². The number of pyridine rings is 1. The summed E-state index contributed by atoms with van der Waals surface area (Å²) in [6, 6.07) is 6.09. The van der Waals surface area contributed by atoms with E-state index in [2.05, 4.69) is 35.0 Å². The first kappa shape index (κ1) is 12.6. The first-order valence-corrected chi connectivity index (χ1v) is 7.15. The van der Waals surface area contributed by atoms with E-state index < -0.39 is 0 Å². The molecule has 0 fully saturated rings. The maximum atomic E-state index is 11.9. The molecule has 0 unspecified atom stereocenters. The monoisotopic (exact) mass is 311 g/mol. The Morgan fingerprint density at radius 2 is 2.06 bits per heavy atom. The van der Waals surface area contributed by atoms with Gasteiger partial charge in [-0.25, -0.2) is 0 Å². The number of halogens is 1. The molecule has 0 aliphatic rings. The number of aromatic nitrogens is 1. The van der Waals surface area contributed by atoms with Gasteiger partial charge in [0.25, 0.3) is 5.56 Å². The van der Waals surface area contributed by atoms with Crippen LogP contribution in [0.1, 0.15) is 22.2 Å². The lowest BCUT2D eigenvalue weighted by molar-refractivity contribution is 0.759. The standard InChI is InChI=1S/C13H14BrNOS/c1-3-11-4-5-12(17-11)8-15-7-10(14)6-9(2)13(15)16/h4-7H,3,8H2,1-2H3. The maximum Gasteiger partial charge on any atom is 0.253 e. The van der Waals surface area contributed by atoms with Crippen LogP contribution in [-0.2, 0) is 13.0 Å². The average Bonchev–Trinajstić information content (AvgIpc) is 2.73. The summed E-state index contributed by atoms with van der Waals surface area (Å²) in [4.78, 5) is 14.5. The molecular formula is C13H14BrNOS. The first-order valence-electron chi connectivity index (χ1n) is 5.54. The van der Waals surface area contributed by atoms with Crippen LogP contribution in [0.15, 0.2) is 33.7 Å². The van der Waals surface area contributed by atoms with Crippen molar-refractivity contribution < 1.29 is 0 Å². The quantitative estimate of drug-likeness (QED) is 0.849. The van der Waals surface area contributed by atoms with Crippen LogP contribution in [0, 0.1) is 6.92 Å². The molecule has 0 bridgehead atoms. The van der Waals surface area contributed by atoms with E-state index in [0.29, 0.717) is 6.54 Å². The van der Waals surface area contributed by atoms with Crippen LogP contribution in [-0.4, -0.2) is 4.57 Å². The Labute approximate surface area is 113 Å². The van der Waals surface area contributed by atoms with Crippen molar-refractivity contribution in [1.29, 1.82) is 0 Å². The summed E-state index contributed by atoms with van der Waals surface area (Å²) in [5.74, 6) is 0. The van der Waals surface area contributed by atoms with Crippen molar-refractivity contribution in [2.45, 2.75) is 26.8 Å². The molecule has 0 aliphatic heterocycles. The van der Waals surface area contributed by atoms with Crippen molar-refractivity contribution >= 4 is 27.3 Å². The maximum absolute atomic E-state index is 11.9. The van der Waals surface area contributed by atoms with Crippen molar-refractivity contribution in [3.63, 3.8) is 0 Å². The van der Waals surface area contributed by atoms with E-state index in [4.69, 9.17) is 0 Å². The molecule has 4 heteroatoms. The van der Waals surface area contributed by atoms with Crippen LogP contribution < -0.4 is 5.56 Å². The molecule has 0 N–H and O–H groups in total. The zero-order valence-corrected chi connectivity index (χ0v) is 12.3. The second kappa shape index (κ2) is 5.19. The molecular weight excluding hydrogens is 298 g/mol. The third kappa shape index (κ3) is 2.87. The predicted octanol–water partition coefficient (Wildman–Crippen LogP) is 3.59. The van der Waals surface area contributed by atoms with E-state index >= 15 is 0 Å². The summed E-state index contributed by atoms with van der Waals surface area (Å²) in [7, 11) is 0. The Bertz CT molecular complexity index is 585. The van der Waals surface area contributed by atoms with E-state index in [0.717, 1.165) is 16.5 Å². The Kier molecular flexibility index (Phi) is 3.84. The molecule has 0 amide bonds. The highest BCUT2D eigenvalue weighted by Gasteiger charge is 2.04. The van der Waals surface area contributed by atoms with Gasteiger partial charge in [0.2, 0.25) is 0 Å². The highest BCUT2D eigenvalue weighted by atomic mass is 79.9. The minimum absolute atomic E-state index is 0.0830. The fourth-order valence-corrected chi connectivity index (χ4v) is 3.27. The lowest BCUT2D eigenvalue weighted by atomic mass is 10.3. The molecule has 2 rings (SSSR count). The molecule has 0 radical (unpaired) electrons. The summed E-state index contributed by atoms with van der Waals surface area (Å²) < 4.78 is 2.70. The second-order valence-electron chi connectivity index (χ2n) is 4.00. The Morgan fingerprint density at radius 1 is 1.35 bits per heavy atom. The highest BCUT2D eigenvalue weighted by molar-refractivity contribution is 9.10. The van der Waals surface area contributed by atoms with Gasteiger partial charge in [0.05, 0.1) is 6.54 Å². The summed E-state index contributed by atoms with van der Waals surface area (Å²) in [6.45, 7) is 4.64. The van der Waals surface area contributed by atoms with Crippen molar-refractivity contribution in [3.05, 3.63) is 54.5 Å². The molecule has 0 atom stereocenters. The molecule has 0 saturated carbocycles. The van der Waals surface area contributed by atoms with Crippen LogP contribution in [0.5, 0.6) is 0 Å². The molecule has 2 aromatic rings. The summed E-state index contributed by atoms with van der Waals surface area (Å²) in [5, 5.41) is 0. The predicted molar refractivity (Wildman–Crippen MR) is 75.9 cm³/mol. The Balaban J connectivity index is 2.32. The average molecular weight is 312 g/mol. The summed E-state index contributed by atoms with van der Waals surface area (Å²) >= 11 is 5.20. The zero-order valence-electron chi connectivity index (χ0n) is 9.87. The lowest BCUT2D eigenvalue weighted by Gasteiger charge is -2.06. The molecule has 0 spiro atoms. The third-order valence-corrected chi connectivity index (χ3v) is 4.27. The van der Waals surface area contributed by atoms with Gasteiger partial charge in [-0.3, -0.25) is 4.79 Å². The molecule has 17 heavy (non-hydrogen) atoms. The zero-order chi connectivity index (χ0) is 12.4. The van der Waals surface area contributed by atoms with Crippen LogP contribution in [0.25, 0.3) is 0 Å². The van der Waals surface area contributed by atoms with Gasteiger partial charge in [-0.15, -0.1) is 11.3 Å². The molecule has 2 aromatic heterocycles. The lowest BCUT2D eigenvalue weighted by Crippen LogP contribution is -2.21. The Morgan fingerprint density at radius 3 is 2.71 bits per heavy atom. The van der Waals surface area contributed by atoms with Gasteiger partial charge in [-0.1, -0.05) is 6.92 Å². The molecule has 0 aliphatic carbocycles. The van der Waals surface area contributed by atoms with E-state index in [-0.39, 0.29) is 5.56 Å². The number of rotatable bonds is 3. The van der Waals surface area contributed by atoms with Crippen LogP contribution in [0.4, 0.5) is 0 Å². The van der Waals surface area contributed by atoms with Gasteiger partial charge in [-0.05, 0) is 47.5 Å². The minimum Gasteiger partial charge on any atom is -0.309 e. The smallest absolute Gasteiger partial charge is 0.253 e. The van der Waals surface area contributed by atoms with Crippen LogP contribution in [0.3, 0.4) is 0 Å². The van der Waals surface area contributed by atoms with Crippen molar-refractivity contribution in [1.82, 2.24) is 4.57 Å². The third-order valence-electron chi connectivity index (χ3n) is 2.62. The van der Waals surface area contributed by atoms with Crippen LogP contribution in [0.2, 0.25) is 0 Å². The van der Waals surface area contributed by atoms with E-state index in [1.807, 2.05) is 19.2 Å². The van der Waals surface area contributed by atoms with E-state index in [9.17, 15) is 4.79 Å². The molecule has 90 valence electrons. The molecule has 0 aromatic carbocycles. The minimum atomic E-state index is 0.0830. The fourth-order valence-electron chi connectivity index (χ4n) is 1.72. The van der Waals surface area contributed by atoms with E-state index in [1.165, 1.54) is 9.75 Å². The van der Waals surface area contributed by atoms with Gasteiger partial charge in [0.15, 0.2) is 0 Å². The number of thiophene rings is 1. The number of aryl methyl sites for hydroxylation is 2. The van der Waals surface area contributed by atoms with Gasteiger partial charge in [0, 0.05) is 26.0 Å². The Hall–Kier alpha value is -0.870.